The van der Waals surface area contributed by atoms with Gasteiger partial charge in [0.2, 0.25) is 10.0 Å². The van der Waals surface area contributed by atoms with E-state index in [-0.39, 0.29) is 10.5 Å². The van der Waals surface area contributed by atoms with Gasteiger partial charge < -0.3 is 5.32 Å². The fourth-order valence-corrected chi connectivity index (χ4v) is 5.00. The van der Waals surface area contributed by atoms with Crippen molar-refractivity contribution in [3.8, 4) is 0 Å². The Morgan fingerprint density at radius 2 is 2.00 bits per heavy atom. The minimum Gasteiger partial charge on any atom is -0.317 e. The molecule has 1 atom stereocenters. The zero-order chi connectivity index (χ0) is 15.6. The molecule has 118 valence electrons. The van der Waals surface area contributed by atoms with E-state index in [1.54, 1.807) is 0 Å². The smallest absolute Gasteiger partial charge is 0.247 e. The molecule has 1 aromatic carbocycles. The van der Waals surface area contributed by atoms with Gasteiger partial charge in [0.1, 0.15) is 16.5 Å². The molecule has 8 heteroatoms. The predicted molar refractivity (Wildman–Crippen MR) is 79.5 cm³/mol. The summed E-state index contributed by atoms with van der Waals surface area (Å²) in [6.07, 6.45) is 2.23. The summed E-state index contributed by atoms with van der Waals surface area (Å²) in [5.74, 6) is -1.90. The molecule has 1 aliphatic rings. The van der Waals surface area contributed by atoms with Crippen LogP contribution in [0.2, 0.25) is 0 Å². The number of hydrogen-bond acceptors (Lipinski definition) is 3. The van der Waals surface area contributed by atoms with Crippen LogP contribution in [0.3, 0.4) is 0 Å². The second-order valence-electron chi connectivity index (χ2n) is 5.05. The quantitative estimate of drug-likeness (QED) is 0.873. The summed E-state index contributed by atoms with van der Waals surface area (Å²) in [6, 6.07) is 1.35. The van der Waals surface area contributed by atoms with Crippen molar-refractivity contribution >= 4 is 26.0 Å². The van der Waals surface area contributed by atoms with Gasteiger partial charge in [-0.2, -0.15) is 4.31 Å². The fourth-order valence-electron chi connectivity index (χ4n) is 2.48. The van der Waals surface area contributed by atoms with E-state index in [1.807, 2.05) is 0 Å². The zero-order valence-corrected chi connectivity index (χ0v) is 14.0. The topological polar surface area (TPSA) is 49.4 Å². The highest BCUT2D eigenvalue weighted by Gasteiger charge is 2.32. The Hall–Kier alpha value is -0.570. The van der Waals surface area contributed by atoms with E-state index >= 15 is 0 Å². The predicted octanol–water partition coefficient (Wildman–Crippen LogP) is 2.49. The minimum absolute atomic E-state index is 0.0985. The molecule has 0 aliphatic carbocycles. The van der Waals surface area contributed by atoms with Gasteiger partial charge in [0.15, 0.2) is 0 Å². The first-order valence-electron chi connectivity index (χ1n) is 6.67. The highest BCUT2D eigenvalue weighted by atomic mass is 79.9. The number of benzene rings is 1. The highest BCUT2D eigenvalue weighted by molar-refractivity contribution is 9.10. The molecule has 0 radical (unpaired) electrons. The maximum Gasteiger partial charge on any atom is 0.247 e. The van der Waals surface area contributed by atoms with Crippen LogP contribution in [-0.4, -0.2) is 38.9 Å². The lowest BCUT2D eigenvalue weighted by molar-refractivity contribution is 0.339. The lowest BCUT2D eigenvalue weighted by Crippen LogP contribution is -2.38. The minimum atomic E-state index is -4.02. The van der Waals surface area contributed by atoms with Gasteiger partial charge in [-0.05, 0) is 54.3 Å². The monoisotopic (exact) mass is 382 g/mol. The van der Waals surface area contributed by atoms with Gasteiger partial charge in [-0.1, -0.05) is 0 Å². The van der Waals surface area contributed by atoms with E-state index < -0.39 is 26.6 Å². The maximum absolute atomic E-state index is 13.9. The number of nitrogens with zero attached hydrogens (tertiary/aromatic N) is 1. The van der Waals surface area contributed by atoms with Gasteiger partial charge in [0.25, 0.3) is 0 Å². The number of sulfonamides is 1. The van der Waals surface area contributed by atoms with Crippen molar-refractivity contribution in [2.45, 2.75) is 30.2 Å². The summed E-state index contributed by atoms with van der Waals surface area (Å²) >= 11 is 2.94. The van der Waals surface area contributed by atoms with Crippen molar-refractivity contribution in [3.05, 3.63) is 28.2 Å². The number of nitrogens with one attached hydrogen (secondary N) is 1. The Labute approximate surface area is 131 Å². The molecular formula is C13H17BrF2N2O2S. The average Bonchev–Trinajstić information content (AvgIpc) is 2.64. The van der Waals surface area contributed by atoms with Crippen molar-refractivity contribution in [2.75, 3.05) is 20.1 Å². The normalized spacial score (nSPS) is 20.5. The molecular weight excluding hydrogens is 366 g/mol. The van der Waals surface area contributed by atoms with E-state index in [0.29, 0.717) is 18.9 Å². The molecule has 0 amide bonds. The molecule has 1 aromatic rings. The molecule has 1 fully saturated rings. The van der Waals surface area contributed by atoms with E-state index in [0.717, 1.165) is 25.6 Å². The lowest BCUT2D eigenvalue weighted by Gasteiger charge is -2.26. The average molecular weight is 383 g/mol. The molecule has 1 heterocycles. The van der Waals surface area contributed by atoms with Gasteiger partial charge in [-0.25, -0.2) is 17.2 Å². The lowest BCUT2D eigenvalue weighted by atomic mass is 10.1. The van der Waals surface area contributed by atoms with Crippen molar-refractivity contribution in [1.82, 2.24) is 9.62 Å². The molecule has 21 heavy (non-hydrogen) atoms. The SMILES string of the molecule is CN(C1CCCNCC1)S(=O)(=O)c1c(F)cc(F)cc1Br. The third kappa shape index (κ3) is 3.61. The Bertz CT molecular complexity index is 594. The molecule has 1 aliphatic heterocycles. The summed E-state index contributed by atoms with van der Waals surface area (Å²) in [4.78, 5) is -0.511. The Morgan fingerprint density at radius 3 is 2.67 bits per heavy atom. The van der Waals surface area contributed by atoms with Crippen LogP contribution in [-0.2, 0) is 10.0 Å². The number of hydrogen-bond donors (Lipinski definition) is 1. The maximum atomic E-state index is 13.9. The van der Waals surface area contributed by atoms with E-state index in [1.165, 1.54) is 11.4 Å². The van der Waals surface area contributed by atoms with Crippen LogP contribution in [0.25, 0.3) is 0 Å². The van der Waals surface area contributed by atoms with Gasteiger partial charge >= 0.3 is 0 Å². The van der Waals surface area contributed by atoms with Gasteiger partial charge in [-0.15, -0.1) is 0 Å². The summed E-state index contributed by atoms with van der Waals surface area (Å²) in [5, 5.41) is 3.20. The fraction of sp³-hybridized carbons (Fsp3) is 0.538. The second kappa shape index (κ2) is 6.68. The highest BCUT2D eigenvalue weighted by Crippen LogP contribution is 2.30. The van der Waals surface area contributed by atoms with Crippen LogP contribution < -0.4 is 5.32 Å². The molecule has 1 N–H and O–H groups in total. The first-order valence-corrected chi connectivity index (χ1v) is 8.90. The van der Waals surface area contributed by atoms with Crippen LogP contribution in [0.5, 0.6) is 0 Å². The van der Waals surface area contributed by atoms with Crippen LogP contribution in [0.4, 0.5) is 8.78 Å². The number of rotatable bonds is 3. The summed E-state index contributed by atoms with van der Waals surface area (Å²) in [6.45, 7) is 1.57. The first-order chi connectivity index (χ1) is 9.84. The van der Waals surface area contributed by atoms with Crippen molar-refractivity contribution in [2.24, 2.45) is 0 Å². The first kappa shape index (κ1) is 16.8. The molecule has 4 nitrogen and oxygen atoms in total. The third-order valence-corrected chi connectivity index (χ3v) is 6.53. The van der Waals surface area contributed by atoms with E-state index in [2.05, 4.69) is 21.2 Å². The Kier molecular flexibility index (Phi) is 5.34. The molecule has 0 saturated carbocycles. The third-order valence-electron chi connectivity index (χ3n) is 3.66. The molecule has 2 rings (SSSR count). The standard InChI is InChI=1S/C13H17BrF2N2O2S/c1-18(10-3-2-5-17-6-4-10)21(19,20)13-11(14)7-9(15)8-12(13)16/h7-8,10,17H,2-6H2,1H3. The van der Waals surface area contributed by atoms with Crippen molar-refractivity contribution in [3.63, 3.8) is 0 Å². The van der Waals surface area contributed by atoms with E-state index in [9.17, 15) is 17.2 Å². The van der Waals surface area contributed by atoms with Crippen LogP contribution >= 0.6 is 15.9 Å². The molecule has 0 aromatic heterocycles. The van der Waals surface area contributed by atoms with E-state index in [4.69, 9.17) is 0 Å². The molecule has 0 bridgehead atoms. The van der Waals surface area contributed by atoms with Gasteiger partial charge in [-0.3, -0.25) is 0 Å². The number of halogens is 3. The van der Waals surface area contributed by atoms with Crippen molar-refractivity contribution in [1.29, 1.82) is 0 Å². The molecule has 1 saturated heterocycles. The van der Waals surface area contributed by atoms with Gasteiger partial charge in [0.05, 0.1) is 0 Å². The summed E-state index contributed by atoms with van der Waals surface area (Å²) < 4.78 is 53.4. The Morgan fingerprint density at radius 1 is 1.29 bits per heavy atom. The van der Waals surface area contributed by atoms with Crippen LogP contribution in [0, 0.1) is 11.6 Å². The summed E-state index contributed by atoms with van der Waals surface area (Å²) in [5.41, 5.74) is 0. The second-order valence-corrected chi connectivity index (χ2v) is 7.84. The summed E-state index contributed by atoms with van der Waals surface area (Å²) in [7, 11) is -2.57. The Balaban J connectivity index is 2.37. The van der Waals surface area contributed by atoms with Crippen LogP contribution in [0.1, 0.15) is 19.3 Å². The van der Waals surface area contributed by atoms with Gasteiger partial charge in [0, 0.05) is 23.6 Å². The van der Waals surface area contributed by atoms with Crippen LogP contribution in [0.15, 0.2) is 21.5 Å². The van der Waals surface area contributed by atoms with Crippen molar-refractivity contribution < 1.29 is 17.2 Å². The largest absolute Gasteiger partial charge is 0.317 e. The zero-order valence-electron chi connectivity index (χ0n) is 11.6. The molecule has 1 unspecified atom stereocenters. The molecule has 0 spiro atoms.